The zero-order chi connectivity index (χ0) is 12.0. The molecular formula is C14H26N2. The van der Waals surface area contributed by atoms with Crippen molar-refractivity contribution in [1.29, 1.82) is 0 Å². The Balaban J connectivity index is 2.68. The van der Waals surface area contributed by atoms with Crippen LogP contribution in [0, 0.1) is 12.3 Å². The Hall–Kier alpha value is -0.520. The highest BCUT2D eigenvalue weighted by molar-refractivity contribution is 5.10. The molecule has 1 N–H and O–H groups in total. The van der Waals surface area contributed by atoms with Gasteiger partial charge in [-0.3, -0.25) is 4.90 Å². The van der Waals surface area contributed by atoms with Crippen LogP contribution < -0.4 is 5.32 Å². The van der Waals surface area contributed by atoms with Crippen molar-refractivity contribution in [1.82, 2.24) is 10.2 Å². The second-order valence-electron chi connectivity index (χ2n) is 5.21. The summed E-state index contributed by atoms with van der Waals surface area (Å²) in [6.45, 7) is 9.97. The van der Waals surface area contributed by atoms with Gasteiger partial charge >= 0.3 is 0 Å². The maximum atomic E-state index is 5.65. The topological polar surface area (TPSA) is 15.3 Å². The SMILES string of the molecule is C#CC(NCC)C(C)(C)N1CCCCCC1. The van der Waals surface area contributed by atoms with Crippen LogP contribution in [0.1, 0.15) is 46.5 Å². The zero-order valence-corrected chi connectivity index (χ0v) is 11.1. The van der Waals surface area contributed by atoms with E-state index in [-0.39, 0.29) is 11.6 Å². The van der Waals surface area contributed by atoms with Crippen LogP contribution in [0.25, 0.3) is 0 Å². The molecule has 2 heteroatoms. The van der Waals surface area contributed by atoms with Crippen molar-refractivity contribution in [2.75, 3.05) is 19.6 Å². The van der Waals surface area contributed by atoms with Crippen molar-refractivity contribution in [2.24, 2.45) is 0 Å². The smallest absolute Gasteiger partial charge is 0.0867 e. The lowest BCUT2D eigenvalue weighted by Crippen LogP contribution is -2.57. The van der Waals surface area contributed by atoms with Crippen LogP contribution in [-0.4, -0.2) is 36.1 Å². The van der Waals surface area contributed by atoms with E-state index in [1.807, 2.05) is 0 Å². The molecule has 0 aromatic rings. The molecule has 0 amide bonds. The van der Waals surface area contributed by atoms with Gasteiger partial charge in [0.25, 0.3) is 0 Å². The van der Waals surface area contributed by atoms with Gasteiger partial charge in [-0.15, -0.1) is 6.42 Å². The van der Waals surface area contributed by atoms with Gasteiger partial charge in [-0.1, -0.05) is 25.7 Å². The van der Waals surface area contributed by atoms with Gasteiger partial charge in [0.1, 0.15) is 0 Å². The summed E-state index contributed by atoms with van der Waals surface area (Å²) < 4.78 is 0. The van der Waals surface area contributed by atoms with E-state index in [9.17, 15) is 0 Å². The van der Waals surface area contributed by atoms with Crippen LogP contribution in [0.15, 0.2) is 0 Å². The highest BCUT2D eigenvalue weighted by Gasteiger charge is 2.33. The molecule has 92 valence electrons. The number of nitrogens with zero attached hydrogens (tertiary/aromatic N) is 1. The van der Waals surface area contributed by atoms with Gasteiger partial charge < -0.3 is 5.32 Å². The van der Waals surface area contributed by atoms with Crippen molar-refractivity contribution in [3.05, 3.63) is 0 Å². The normalized spacial score (nSPS) is 21.1. The Labute approximate surface area is 101 Å². The van der Waals surface area contributed by atoms with E-state index < -0.39 is 0 Å². The lowest BCUT2D eigenvalue weighted by Gasteiger charge is -2.42. The van der Waals surface area contributed by atoms with E-state index >= 15 is 0 Å². The molecule has 1 unspecified atom stereocenters. The first-order chi connectivity index (χ1) is 7.62. The van der Waals surface area contributed by atoms with E-state index in [0.29, 0.717) is 0 Å². The van der Waals surface area contributed by atoms with Crippen molar-refractivity contribution >= 4 is 0 Å². The Kier molecular flexibility index (Phi) is 5.31. The molecule has 0 saturated carbocycles. The molecule has 0 radical (unpaired) electrons. The number of likely N-dealkylation sites (tertiary alicyclic amines) is 1. The molecule has 16 heavy (non-hydrogen) atoms. The van der Waals surface area contributed by atoms with Crippen molar-refractivity contribution in [2.45, 2.75) is 58.0 Å². The highest BCUT2D eigenvalue weighted by atomic mass is 15.2. The van der Waals surface area contributed by atoms with Crippen LogP contribution in [0.3, 0.4) is 0 Å². The third kappa shape index (κ3) is 3.23. The lowest BCUT2D eigenvalue weighted by atomic mass is 9.92. The van der Waals surface area contributed by atoms with Gasteiger partial charge in [0.15, 0.2) is 0 Å². The summed E-state index contributed by atoms with van der Waals surface area (Å²) in [6.07, 6.45) is 11.0. The zero-order valence-electron chi connectivity index (χ0n) is 11.1. The second-order valence-corrected chi connectivity index (χ2v) is 5.21. The molecule has 2 nitrogen and oxygen atoms in total. The molecule has 1 heterocycles. The average Bonchev–Trinajstić information content (AvgIpc) is 2.54. The number of nitrogens with one attached hydrogen (secondary N) is 1. The number of rotatable bonds is 4. The maximum absolute atomic E-state index is 5.65. The van der Waals surface area contributed by atoms with E-state index in [2.05, 4.69) is 36.9 Å². The molecule has 0 aromatic heterocycles. The van der Waals surface area contributed by atoms with Crippen LogP contribution in [0.5, 0.6) is 0 Å². The predicted octanol–water partition coefficient (Wildman–Crippen LogP) is 2.25. The fourth-order valence-electron chi connectivity index (χ4n) is 2.55. The van der Waals surface area contributed by atoms with Crippen molar-refractivity contribution in [3.63, 3.8) is 0 Å². The third-order valence-electron chi connectivity index (χ3n) is 3.70. The highest BCUT2D eigenvalue weighted by Crippen LogP contribution is 2.23. The minimum absolute atomic E-state index is 0.0646. The van der Waals surface area contributed by atoms with Gasteiger partial charge in [0.05, 0.1) is 6.04 Å². The molecule has 1 fully saturated rings. The van der Waals surface area contributed by atoms with Crippen LogP contribution in [-0.2, 0) is 0 Å². The molecule has 1 aliphatic rings. The molecule has 1 atom stereocenters. The summed E-state index contributed by atoms with van der Waals surface area (Å²) in [5.74, 6) is 2.91. The first kappa shape index (κ1) is 13.5. The van der Waals surface area contributed by atoms with Crippen molar-refractivity contribution in [3.8, 4) is 12.3 Å². The predicted molar refractivity (Wildman–Crippen MR) is 70.4 cm³/mol. The molecule has 0 bridgehead atoms. The number of likely N-dealkylation sites (N-methyl/N-ethyl adjacent to an activating group) is 1. The maximum Gasteiger partial charge on any atom is 0.0867 e. The third-order valence-corrected chi connectivity index (χ3v) is 3.70. The average molecular weight is 222 g/mol. The summed E-state index contributed by atoms with van der Waals surface area (Å²) in [5, 5.41) is 3.41. The van der Waals surface area contributed by atoms with Crippen LogP contribution in [0.4, 0.5) is 0 Å². The Morgan fingerprint density at radius 3 is 2.25 bits per heavy atom. The Morgan fingerprint density at radius 1 is 1.25 bits per heavy atom. The van der Waals surface area contributed by atoms with E-state index in [1.54, 1.807) is 0 Å². The van der Waals surface area contributed by atoms with Gasteiger partial charge in [-0.2, -0.15) is 0 Å². The standard InChI is InChI=1S/C14H26N2/c1-5-13(15-6-2)14(3,4)16-11-9-7-8-10-12-16/h1,13,15H,6-12H2,2-4H3. The molecule has 0 aromatic carbocycles. The monoisotopic (exact) mass is 222 g/mol. The summed E-state index contributed by atoms with van der Waals surface area (Å²) in [5.41, 5.74) is 0.0646. The fourth-order valence-corrected chi connectivity index (χ4v) is 2.55. The first-order valence-electron chi connectivity index (χ1n) is 6.57. The van der Waals surface area contributed by atoms with E-state index in [1.165, 1.54) is 38.8 Å². The van der Waals surface area contributed by atoms with Gasteiger partial charge in [0, 0.05) is 5.54 Å². The Bertz CT molecular complexity index is 232. The lowest BCUT2D eigenvalue weighted by molar-refractivity contribution is 0.103. The van der Waals surface area contributed by atoms with E-state index in [0.717, 1.165) is 6.54 Å². The molecular weight excluding hydrogens is 196 g/mol. The number of terminal acetylenes is 1. The molecule has 0 aliphatic carbocycles. The van der Waals surface area contributed by atoms with Crippen LogP contribution >= 0.6 is 0 Å². The molecule has 1 aliphatic heterocycles. The van der Waals surface area contributed by atoms with Gasteiger partial charge in [-0.25, -0.2) is 0 Å². The van der Waals surface area contributed by atoms with Gasteiger partial charge in [0.2, 0.25) is 0 Å². The minimum Gasteiger partial charge on any atom is -0.302 e. The molecule has 1 rings (SSSR count). The number of hydrogen-bond donors (Lipinski definition) is 1. The fraction of sp³-hybridized carbons (Fsp3) is 0.857. The van der Waals surface area contributed by atoms with E-state index in [4.69, 9.17) is 6.42 Å². The Morgan fingerprint density at radius 2 is 1.81 bits per heavy atom. The second kappa shape index (κ2) is 6.27. The first-order valence-corrected chi connectivity index (χ1v) is 6.57. The summed E-state index contributed by atoms with van der Waals surface area (Å²) in [4.78, 5) is 2.56. The summed E-state index contributed by atoms with van der Waals surface area (Å²) in [6, 6.07) is 0.149. The summed E-state index contributed by atoms with van der Waals surface area (Å²) >= 11 is 0. The largest absolute Gasteiger partial charge is 0.302 e. The van der Waals surface area contributed by atoms with Gasteiger partial charge in [-0.05, 0) is 46.3 Å². The minimum atomic E-state index is 0.0646. The van der Waals surface area contributed by atoms with Crippen LogP contribution in [0.2, 0.25) is 0 Å². The summed E-state index contributed by atoms with van der Waals surface area (Å²) in [7, 11) is 0. The number of hydrogen-bond acceptors (Lipinski definition) is 2. The quantitative estimate of drug-likeness (QED) is 0.734. The molecule has 0 spiro atoms. The van der Waals surface area contributed by atoms with Crippen molar-refractivity contribution < 1.29 is 0 Å². The molecule has 1 saturated heterocycles.